The topological polar surface area (TPSA) is 119 Å². The number of imide groups is 1. The van der Waals surface area contributed by atoms with E-state index in [2.05, 4.69) is 33.0 Å². The van der Waals surface area contributed by atoms with Crippen LogP contribution in [0, 0.1) is 5.41 Å². The molecule has 0 bridgehead atoms. The van der Waals surface area contributed by atoms with Crippen LogP contribution in [0.4, 0.5) is 11.4 Å². The average Bonchev–Trinajstić information content (AvgIpc) is 3.23. The maximum atomic E-state index is 13.0. The molecule has 4 heterocycles. The van der Waals surface area contributed by atoms with Crippen LogP contribution in [0.5, 0.6) is 0 Å². The van der Waals surface area contributed by atoms with E-state index in [0.29, 0.717) is 24.1 Å². The van der Waals surface area contributed by atoms with Gasteiger partial charge < -0.3 is 20.4 Å². The van der Waals surface area contributed by atoms with Gasteiger partial charge in [0.05, 0.1) is 5.56 Å². The van der Waals surface area contributed by atoms with Crippen LogP contribution in [0.15, 0.2) is 42.5 Å². The van der Waals surface area contributed by atoms with Crippen molar-refractivity contribution in [2.45, 2.75) is 32.4 Å². The molecule has 0 aromatic heterocycles. The molecule has 4 aliphatic rings. The number of nitrogens with zero attached hydrogens (tertiary/aromatic N) is 4. The third-order valence-electron chi connectivity index (χ3n) is 8.51. The number of nitrogens with two attached hydrogens (primary N) is 1. The Balaban J connectivity index is 1.04. The maximum absolute atomic E-state index is 13.0. The standard InChI is InChI=1S/C29H34N6O4/c1-29(17-34(18-29)23-5-3-2-4-22(23)26(30)37)16-32-10-12-33(13-11-32)20-6-7-21-19(14-20)15-35(28(21)39)24-8-9-25(36)31-27(24)38/h2-7,14,24H,8-13,15-18H2,1H3,(H2,30,37)(H,31,36,38)/t24-/m0/s1. The first kappa shape index (κ1) is 25.4. The predicted octanol–water partition coefficient (Wildman–Crippen LogP) is 1.20. The summed E-state index contributed by atoms with van der Waals surface area (Å²) in [7, 11) is 0. The Labute approximate surface area is 227 Å². The van der Waals surface area contributed by atoms with Gasteiger partial charge in [-0.1, -0.05) is 19.1 Å². The van der Waals surface area contributed by atoms with Crippen molar-refractivity contribution in [2.75, 3.05) is 55.6 Å². The number of primary amides is 1. The SMILES string of the molecule is CC1(CN2CCN(c3ccc4c(c3)CN([C@H]3CCC(=O)NC3=O)C4=O)CC2)CN(c2ccccc2C(N)=O)C1. The number of nitrogens with one attached hydrogen (secondary N) is 1. The highest BCUT2D eigenvalue weighted by Gasteiger charge is 2.42. The van der Waals surface area contributed by atoms with E-state index >= 15 is 0 Å². The Bertz CT molecular complexity index is 1350. The molecule has 0 radical (unpaired) electrons. The molecule has 3 fully saturated rings. The fourth-order valence-corrected chi connectivity index (χ4v) is 6.56. The quantitative estimate of drug-likeness (QED) is 0.539. The fraction of sp³-hybridized carbons (Fsp3) is 0.448. The number of fused-ring (bicyclic) bond motifs is 1. The maximum Gasteiger partial charge on any atom is 0.255 e. The zero-order valence-electron chi connectivity index (χ0n) is 22.2. The largest absolute Gasteiger partial charge is 0.370 e. The van der Waals surface area contributed by atoms with Crippen molar-refractivity contribution < 1.29 is 19.2 Å². The van der Waals surface area contributed by atoms with Crippen molar-refractivity contribution in [1.29, 1.82) is 0 Å². The molecule has 1 atom stereocenters. The van der Waals surface area contributed by atoms with Crippen LogP contribution < -0.4 is 20.9 Å². The lowest BCUT2D eigenvalue weighted by Gasteiger charge is -2.52. The van der Waals surface area contributed by atoms with Crippen LogP contribution in [-0.2, 0) is 16.1 Å². The number of piperazine rings is 1. The molecule has 2 aromatic carbocycles. The van der Waals surface area contributed by atoms with E-state index in [9.17, 15) is 19.2 Å². The molecule has 3 saturated heterocycles. The third-order valence-corrected chi connectivity index (χ3v) is 8.51. The van der Waals surface area contributed by atoms with Gasteiger partial charge in [0.25, 0.3) is 11.8 Å². The third kappa shape index (κ3) is 4.73. The van der Waals surface area contributed by atoms with Crippen molar-refractivity contribution in [3.05, 3.63) is 59.2 Å². The second kappa shape index (κ2) is 9.68. The molecule has 2 aromatic rings. The van der Waals surface area contributed by atoms with E-state index in [1.165, 1.54) is 0 Å². The highest BCUT2D eigenvalue weighted by molar-refractivity contribution is 6.05. The van der Waals surface area contributed by atoms with Gasteiger partial charge in [-0.05, 0) is 42.3 Å². The molecule has 0 aliphatic carbocycles. The molecular weight excluding hydrogens is 496 g/mol. The highest BCUT2D eigenvalue weighted by Crippen LogP contribution is 2.37. The smallest absolute Gasteiger partial charge is 0.255 e. The normalized spacial score (nSPS) is 22.9. The molecule has 3 N–H and O–H groups in total. The summed E-state index contributed by atoms with van der Waals surface area (Å²) in [5.74, 6) is -1.20. The van der Waals surface area contributed by atoms with Crippen LogP contribution in [0.1, 0.15) is 46.0 Å². The first-order valence-electron chi connectivity index (χ1n) is 13.6. The molecule has 0 saturated carbocycles. The molecule has 4 amide bonds. The van der Waals surface area contributed by atoms with Crippen LogP contribution >= 0.6 is 0 Å². The summed E-state index contributed by atoms with van der Waals surface area (Å²) >= 11 is 0. The molecule has 39 heavy (non-hydrogen) atoms. The van der Waals surface area contributed by atoms with Gasteiger partial charge in [0.2, 0.25) is 11.8 Å². The van der Waals surface area contributed by atoms with Gasteiger partial charge in [0.15, 0.2) is 0 Å². The van der Waals surface area contributed by atoms with Crippen molar-refractivity contribution >= 4 is 35.0 Å². The van der Waals surface area contributed by atoms with Crippen LogP contribution in [0.3, 0.4) is 0 Å². The summed E-state index contributed by atoms with van der Waals surface area (Å²) in [6, 6.07) is 12.9. The Kier molecular flexibility index (Phi) is 6.29. The van der Waals surface area contributed by atoms with Gasteiger partial charge in [-0.3, -0.25) is 29.4 Å². The first-order valence-corrected chi connectivity index (χ1v) is 13.6. The second-order valence-electron chi connectivity index (χ2n) is 11.6. The number of anilines is 2. The van der Waals surface area contributed by atoms with Crippen molar-refractivity contribution in [3.63, 3.8) is 0 Å². The van der Waals surface area contributed by atoms with Gasteiger partial charge in [0.1, 0.15) is 6.04 Å². The van der Waals surface area contributed by atoms with E-state index in [1.54, 1.807) is 11.0 Å². The number of piperidine rings is 1. The lowest BCUT2D eigenvalue weighted by Crippen LogP contribution is -2.61. The Morgan fingerprint density at radius 3 is 2.49 bits per heavy atom. The number of hydrogen-bond donors (Lipinski definition) is 2. The van der Waals surface area contributed by atoms with E-state index in [0.717, 1.165) is 62.8 Å². The van der Waals surface area contributed by atoms with Gasteiger partial charge in [0, 0.05) is 81.1 Å². The van der Waals surface area contributed by atoms with Gasteiger partial charge >= 0.3 is 0 Å². The monoisotopic (exact) mass is 530 g/mol. The number of amides is 4. The summed E-state index contributed by atoms with van der Waals surface area (Å²) in [5, 5.41) is 2.36. The minimum atomic E-state index is -0.595. The average molecular weight is 531 g/mol. The molecule has 10 heteroatoms. The predicted molar refractivity (Wildman–Crippen MR) is 146 cm³/mol. The van der Waals surface area contributed by atoms with Gasteiger partial charge in [-0.15, -0.1) is 0 Å². The lowest BCUT2D eigenvalue weighted by molar-refractivity contribution is -0.136. The minimum absolute atomic E-state index is 0.142. The summed E-state index contributed by atoms with van der Waals surface area (Å²) in [4.78, 5) is 57.4. The number of rotatable bonds is 6. The molecule has 10 nitrogen and oxygen atoms in total. The summed E-state index contributed by atoms with van der Waals surface area (Å²) in [6.07, 6.45) is 0.622. The zero-order valence-corrected chi connectivity index (χ0v) is 22.2. The van der Waals surface area contributed by atoms with Crippen molar-refractivity contribution in [1.82, 2.24) is 15.1 Å². The number of hydrogen-bond acceptors (Lipinski definition) is 7. The van der Waals surface area contributed by atoms with Crippen LogP contribution in [-0.4, -0.2) is 85.3 Å². The molecule has 0 spiro atoms. The Morgan fingerprint density at radius 2 is 1.77 bits per heavy atom. The summed E-state index contributed by atoms with van der Waals surface area (Å²) in [5.41, 5.74) is 9.88. The van der Waals surface area contributed by atoms with Crippen LogP contribution in [0.25, 0.3) is 0 Å². The number of carbonyl (C=O) groups excluding carboxylic acids is 4. The van der Waals surface area contributed by atoms with Gasteiger partial charge in [-0.2, -0.15) is 0 Å². The van der Waals surface area contributed by atoms with Gasteiger partial charge in [-0.25, -0.2) is 0 Å². The molecular formula is C29H34N6O4. The van der Waals surface area contributed by atoms with Crippen LogP contribution in [0.2, 0.25) is 0 Å². The van der Waals surface area contributed by atoms with E-state index in [1.807, 2.05) is 30.3 Å². The number of benzene rings is 2. The van der Waals surface area contributed by atoms with E-state index < -0.39 is 11.9 Å². The second-order valence-corrected chi connectivity index (χ2v) is 11.6. The molecule has 0 unspecified atom stereocenters. The van der Waals surface area contributed by atoms with E-state index in [-0.39, 0.29) is 29.6 Å². The fourth-order valence-electron chi connectivity index (χ4n) is 6.56. The summed E-state index contributed by atoms with van der Waals surface area (Å²) < 4.78 is 0. The van der Waals surface area contributed by atoms with E-state index in [4.69, 9.17) is 5.73 Å². The molecule has 204 valence electrons. The summed E-state index contributed by atoms with van der Waals surface area (Å²) in [6.45, 7) is 9.16. The highest BCUT2D eigenvalue weighted by atomic mass is 16.2. The molecule has 6 rings (SSSR count). The molecule has 4 aliphatic heterocycles. The van der Waals surface area contributed by atoms with Crippen molar-refractivity contribution in [3.8, 4) is 0 Å². The zero-order chi connectivity index (χ0) is 27.3. The number of para-hydroxylation sites is 1. The Morgan fingerprint density at radius 1 is 1.03 bits per heavy atom. The minimum Gasteiger partial charge on any atom is -0.370 e. The lowest BCUT2D eigenvalue weighted by atomic mass is 9.80. The number of carbonyl (C=O) groups is 4. The Hall–Kier alpha value is -3.92. The van der Waals surface area contributed by atoms with Crippen molar-refractivity contribution in [2.24, 2.45) is 11.1 Å². The first-order chi connectivity index (χ1) is 18.7.